The quantitative estimate of drug-likeness (QED) is 0.144. The first-order valence-electron chi connectivity index (χ1n) is 16.6. The molecule has 0 radical (unpaired) electrons. The van der Waals surface area contributed by atoms with Crippen LogP contribution < -0.4 is 0 Å². The molecular weight excluding hydrogens is 597 g/mol. The zero-order valence-corrected chi connectivity index (χ0v) is 26.5. The van der Waals surface area contributed by atoms with Gasteiger partial charge < -0.3 is 4.42 Å². The standard InChI is InChI=1S/C46H28N2O/c1-3-14-30(15-4-1)43-35-20-9-10-21-36(35)45(44-33-18-8-7-13-29(33)23-25-37(43)44)40-28-39(47-46(48-40)31-16-5-2-6-17-31)32-24-26-42-38(27-32)34-19-11-12-22-41(34)49-42/h1-28H. The van der Waals surface area contributed by atoms with Gasteiger partial charge in [-0.15, -0.1) is 0 Å². The maximum atomic E-state index is 6.18. The number of fused-ring (bicyclic) bond motifs is 7. The summed E-state index contributed by atoms with van der Waals surface area (Å²) < 4.78 is 6.18. The Morgan fingerprint density at radius 2 is 0.959 bits per heavy atom. The number of rotatable bonds is 4. The van der Waals surface area contributed by atoms with Crippen LogP contribution in [0, 0.1) is 0 Å². The van der Waals surface area contributed by atoms with Gasteiger partial charge in [0.15, 0.2) is 5.82 Å². The first-order chi connectivity index (χ1) is 24.3. The van der Waals surface area contributed by atoms with Crippen LogP contribution >= 0.6 is 0 Å². The van der Waals surface area contributed by atoms with E-state index in [1.165, 1.54) is 38.1 Å². The van der Waals surface area contributed by atoms with E-state index >= 15 is 0 Å². The van der Waals surface area contributed by atoms with Gasteiger partial charge in [-0.25, -0.2) is 9.97 Å². The van der Waals surface area contributed by atoms with Gasteiger partial charge in [0.25, 0.3) is 0 Å². The van der Waals surface area contributed by atoms with Crippen molar-refractivity contribution >= 4 is 54.3 Å². The summed E-state index contributed by atoms with van der Waals surface area (Å²) >= 11 is 0. The maximum absolute atomic E-state index is 6.18. The molecule has 2 aromatic heterocycles. The Bertz CT molecular complexity index is 2870. The fourth-order valence-corrected chi connectivity index (χ4v) is 7.45. The Balaban J connectivity index is 1.34. The molecule has 228 valence electrons. The van der Waals surface area contributed by atoms with Gasteiger partial charge >= 0.3 is 0 Å². The average molecular weight is 625 g/mol. The summed E-state index contributed by atoms with van der Waals surface area (Å²) in [6, 6.07) is 59.7. The SMILES string of the molecule is c1ccc(-c2nc(-c3ccc4oc5ccccc5c4c3)cc(-c3c4ccccc4c(-c4ccccc4)c4ccc5ccccc5c34)n2)cc1. The lowest BCUT2D eigenvalue weighted by Gasteiger charge is -2.19. The molecule has 0 bridgehead atoms. The number of benzene rings is 8. The molecule has 0 saturated carbocycles. The van der Waals surface area contributed by atoms with Crippen LogP contribution in [0.4, 0.5) is 0 Å². The lowest BCUT2D eigenvalue weighted by Crippen LogP contribution is -1.98. The second kappa shape index (κ2) is 11.0. The van der Waals surface area contributed by atoms with Crippen molar-refractivity contribution in [1.29, 1.82) is 0 Å². The minimum absolute atomic E-state index is 0.690. The van der Waals surface area contributed by atoms with Gasteiger partial charge in [0.05, 0.1) is 11.4 Å². The van der Waals surface area contributed by atoms with Crippen molar-refractivity contribution in [3.05, 3.63) is 170 Å². The monoisotopic (exact) mass is 624 g/mol. The van der Waals surface area contributed by atoms with E-state index in [1.54, 1.807) is 0 Å². The normalized spacial score (nSPS) is 11.7. The smallest absolute Gasteiger partial charge is 0.160 e. The lowest BCUT2D eigenvalue weighted by molar-refractivity contribution is 0.669. The van der Waals surface area contributed by atoms with Crippen molar-refractivity contribution in [3.8, 4) is 45.0 Å². The highest BCUT2D eigenvalue weighted by Crippen LogP contribution is 2.46. The Morgan fingerprint density at radius 3 is 1.76 bits per heavy atom. The number of para-hydroxylation sites is 1. The summed E-state index contributed by atoms with van der Waals surface area (Å²) in [5.74, 6) is 0.690. The van der Waals surface area contributed by atoms with Crippen molar-refractivity contribution in [3.63, 3.8) is 0 Å². The van der Waals surface area contributed by atoms with Gasteiger partial charge in [0.1, 0.15) is 11.2 Å². The van der Waals surface area contributed by atoms with Crippen molar-refractivity contribution in [2.75, 3.05) is 0 Å². The van der Waals surface area contributed by atoms with Gasteiger partial charge in [-0.3, -0.25) is 0 Å². The molecule has 0 aliphatic heterocycles. The molecule has 0 unspecified atom stereocenters. The molecule has 0 atom stereocenters. The Hall–Kier alpha value is -6.58. The first kappa shape index (κ1) is 27.5. The molecule has 0 aliphatic rings. The van der Waals surface area contributed by atoms with Gasteiger partial charge in [0, 0.05) is 32.8 Å². The minimum Gasteiger partial charge on any atom is -0.456 e. The van der Waals surface area contributed by atoms with Crippen molar-refractivity contribution in [1.82, 2.24) is 9.97 Å². The molecule has 0 N–H and O–H groups in total. The van der Waals surface area contributed by atoms with E-state index in [1.807, 2.05) is 30.3 Å². The predicted molar refractivity (Wildman–Crippen MR) is 204 cm³/mol. The number of nitrogens with zero attached hydrogens (tertiary/aromatic N) is 2. The minimum atomic E-state index is 0.690. The van der Waals surface area contributed by atoms with Crippen LogP contribution in [0.25, 0.3) is 99.3 Å². The van der Waals surface area contributed by atoms with Crippen LogP contribution in [0.2, 0.25) is 0 Å². The second-order valence-corrected chi connectivity index (χ2v) is 12.5. The molecule has 3 nitrogen and oxygen atoms in total. The molecule has 0 aliphatic carbocycles. The fraction of sp³-hybridized carbons (Fsp3) is 0. The Kier molecular flexibility index (Phi) is 6.18. The summed E-state index contributed by atoms with van der Waals surface area (Å²) in [4.78, 5) is 10.6. The van der Waals surface area contributed by atoms with Crippen LogP contribution in [0.15, 0.2) is 174 Å². The highest BCUT2D eigenvalue weighted by molar-refractivity contribution is 6.27. The van der Waals surface area contributed by atoms with Crippen LogP contribution in [-0.4, -0.2) is 9.97 Å². The summed E-state index contributed by atoms with van der Waals surface area (Å²) in [6.07, 6.45) is 0. The Morgan fingerprint density at radius 1 is 0.347 bits per heavy atom. The number of hydrogen-bond acceptors (Lipinski definition) is 3. The van der Waals surface area contributed by atoms with E-state index in [9.17, 15) is 0 Å². The van der Waals surface area contributed by atoms with Crippen LogP contribution in [0.3, 0.4) is 0 Å². The molecule has 0 fully saturated rings. The van der Waals surface area contributed by atoms with E-state index in [-0.39, 0.29) is 0 Å². The van der Waals surface area contributed by atoms with Crippen LogP contribution in [-0.2, 0) is 0 Å². The van der Waals surface area contributed by atoms with E-state index in [0.29, 0.717) is 5.82 Å². The van der Waals surface area contributed by atoms with E-state index < -0.39 is 0 Å². The third-order valence-corrected chi connectivity index (χ3v) is 9.66. The van der Waals surface area contributed by atoms with Crippen molar-refractivity contribution < 1.29 is 4.42 Å². The van der Waals surface area contributed by atoms with Crippen LogP contribution in [0.1, 0.15) is 0 Å². The average Bonchev–Trinajstić information content (AvgIpc) is 3.55. The van der Waals surface area contributed by atoms with Gasteiger partial charge in [-0.05, 0) is 68.4 Å². The topological polar surface area (TPSA) is 38.9 Å². The van der Waals surface area contributed by atoms with E-state index in [2.05, 4.69) is 140 Å². The highest BCUT2D eigenvalue weighted by Gasteiger charge is 2.21. The zero-order chi connectivity index (χ0) is 32.3. The molecule has 10 aromatic rings. The molecular formula is C46H28N2O. The predicted octanol–water partition coefficient (Wildman–Crippen LogP) is 12.5. The van der Waals surface area contributed by atoms with E-state index in [4.69, 9.17) is 14.4 Å². The van der Waals surface area contributed by atoms with Crippen molar-refractivity contribution in [2.45, 2.75) is 0 Å². The first-order valence-corrected chi connectivity index (χ1v) is 16.6. The molecule has 49 heavy (non-hydrogen) atoms. The summed E-state index contributed by atoms with van der Waals surface area (Å²) in [7, 11) is 0. The van der Waals surface area contributed by atoms with Gasteiger partial charge in [0.2, 0.25) is 0 Å². The fourth-order valence-electron chi connectivity index (χ4n) is 7.45. The van der Waals surface area contributed by atoms with Gasteiger partial charge in [-0.1, -0.05) is 140 Å². The molecule has 2 heterocycles. The van der Waals surface area contributed by atoms with E-state index in [0.717, 1.165) is 55.4 Å². The molecule has 10 rings (SSSR count). The van der Waals surface area contributed by atoms with Gasteiger partial charge in [-0.2, -0.15) is 0 Å². The second-order valence-electron chi connectivity index (χ2n) is 12.5. The molecule has 0 amide bonds. The number of hydrogen-bond donors (Lipinski definition) is 0. The third kappa shape index (κ3) is 4.44. The number of furan rings is 1. The summed E-state index contributed by atoms with van der Waals surface area (Å²) in [6.45, 7) is 0. The lowest BCUT2D eigenvalue weighted by atomic mass is 9.85. The molecule has 0 spiro atoms. The zero-order valence-electron chi connectivity index (χ0n) is 26.5. The molecule has 8 aromatic carbocycles. The number of aromatic nitrogens is 2. The summed E-state index contributed by atoms with van der Waals surface area (Å²) in [5.41, 5.74) is 9.01. The highest BCUT2D eigenvalue weighted by atomic mass is 16.3. The molecule has 0 saturated heterocycles. The maximum Gasteiger partial charge on any atom is 0.160 e. The van der Waals surface area contributed by atoms with Crippen LogP contribution in [0.5, 0.6) is 0 Å². The van der Waals surface area contributed by atoms with Crippen molar-refractivity contribution in [2.24, 2.45) is 0 Å². The Labute approximate surface area is 282 Å². The summed E-state index contributed by atoms with van der Waals surface area (Å²) in [5, 5.41) is 9.30. The molecule has 3 heteroatoms. The largest absolute Gasteiger partial charge is 0.456 e. The third-order valence-electron chi connectivity index (χ3n) is 9.66.